The number of nitrogens with one attached hydrogen (secondary N) is 1. The van der Waals surface area contributed by atoms with E-state index in [0.29, 0.717) is 5.82 Å². The zero-order valence-electron chi connectivity index (χ0n) is 11.5. The second kappa shape index (κ2) is 4.48. The zero-order valence-corrected chi connectivity index (χ0v) is 12.3. The summed E-state index contributed by atoms with van der Waals surface area (Å²) in [4.78, 5) is 8.49. The van der Waals surface area contributed by atoms with E-state index in [2.05, 4.69) is 15.3 Å². The third-order valence-corrected chi connectivity index (χ3v) is 5.48. The summed E-state index contributed by atoms with van der Waals surface area (Å²) < 4.78 is 24.4. The molecule has 0 fully saturated rings. The third kappa shape index (κ3) is 2.56. The molecule has 0 bridgehead atoms. The number of aromatic nitrogens is 3. The van der Waals surface area contributed by atoms with Crippen LogP contribution in [0, 0.1) is 0 Å². The summed E-state index contributed by atoms with van der Waals surface area (Å²) in [7, 11) is -1.23. The van der Waals surface area contributed by atoms with Crippen LogP contribution < -0.4 is 5.32 Å². The molecular formula is C12H18N4O2S. The van der Waals surface area contributed by atoms with E-state index >= 15 is 0 Å². The minimum absolute atomic E-state index is 0.286. The predicted molar refractivity (Wildman–Crippen MR) is 75.9 cm³/mol. The van der Waals surface area contributed by atoms with Crippen LogP contribution in [0.2, 0.25) is 0 Å². The minimum Gasteiger partial charge on any atom is -0.367 e. The average Bonchev–Trinajstić information content (AvgIpc) is 2.68. The normalized spacial score (nSPS) is 12.8. The van der Waals surface area contributed by atoms with Gasteiger partial charge < -0.3 is 9.88 Å². The Kier molecular flexibility index (Phi) is 3.25. The molecular weight excluding hydrogens is 264 g/mol. The quantitative estimate of drug-likeness (QED) is 0.912. The van der Waals surface area contributed by atoms with Crippen molar-refractivity contribution >= 4 is 26.7 Å². The molecule has 0 unspecified atom stereocenters. The molecule has 0 spiro atoms. The monoisotopic (exact) mass is 282 g/mol. The molecule has 0 aromatic carbocycles. The van der Waals surface area contributed by atoms with E-state index in [0.717, 1.165) is 11.0 Å². The van der Waals surface area contributed by atoms with E-state index in [1.54, 1.807) is 26.4 Å². The van der Waals surface area contributed by atoms with Gasteiger partial charge in [-0.15, -0.1) is 0 Å². The highest BCUT2D eigenvalue weighted by molar-refractivity contribution is 7.92. The van der Waals surface area contributed by atoms with Gasteiger partial charge >= 0.3 is 0 Å². The molecule has 0 saturated heterocycles. The fraction of sp³-hybridized carbons (Fsp3) is 0.500. The highest BCUT2D eigenvalue weighted by atomic mass is 32.2. The van der Waals surface area contributed by atoms with Crippen LogP contribution in [0.15, 0.2) is 18.6 Å². The van der Waals surface area contributed by atoms with Crippen LogP contribution in [0.4, 0.5) is 5.82 Å². The molecule has 104 valence electrons. The van der Waals surface area contributed by atoms with Crippen molar-refractivity contribution in [1.82, 2.24) is 14.5 Å². The summed E-state index contributed by atoms with van der Waals surface area (Å²) in [5, 5.41) is 3.08. The van der Waals surface area contributed by atoms with Gasteiger partial charge in [-0.1, -0.05) is 0 Å². The largest absolute Gasteiger partial charge is 0.367 e. The van der Waals surface area contributed by atoms with E-state index < -0.39 is 14.6 Å². The molecule has 2 aromatic rings. The lowest BCUT2D eigenvalue weighted by molar-refractivity contribution is 0.559. The first-order valence-corrected chi connectivity index (χ1v) is 7.81. The Balaban J connectivity index is 2.28. The van der Waals surface area contributed by atoms with E-state index in [4.69, 9.17) is 0 Å². The number of pyridine rings is 1. The molecule has 0 saturated carbocycles. The molecule has 1 N–H and O–H groups in total. The maximum absolute atomic E-state index is 11.7. The molecule has 2 heterocycles. The first-order chi connectivity index (χ1) is 8.72. The van der Waals surface area contributed by atoms with Gasteiger partial charge in [-0.3, -0.25) is 0 Å². The van der Waals surface area contributed by atoms with Crippen LogP contribution in [-0.2, 0) is 16.9 Å². The Labute approximate surface area is 112 Å². The SMILES string of the molecule is Cn1cnc2c(NCC(C)(C)S(C)(=O)=O)nccc21. The van der Waals surface area contributed by atoms with Crippen LogP contribution in [0.5, 0.6) is 0 Å². The maximum atomic E-state index is 11.7. The number of hydrogen-bond acceptors (Lipinski definition) is 5. The lowest BCUT2D eigenvalue weighted by atomic mass is 10.2. The molecule has 0 atom stereocenters. The standard InChI is InChI=1S/C12H18N4O2S/c1-12(2,19(4,17)18)7-14-11-10-9(5-6-13-11)16(3)8-15-10/h5-6,8H,7H2,1-4H3,(H,13,14). The van der Waals surface area contributed by atoms with Gasteiger partial charge in [0.05, 0.1) is 16.6 Å². The third-order valence-electron chi connectivity index (χ3n) is 3.33. The first kappa shape index (κ1) is 13.8. The summed E-state index contributed by atoms with van der Waals surface area (Å²) in [6.07, 6.45) is 4.63. The molecule has 0 aliphatic heterocycles. The molecule has 0 radical (unpaired) electrons. The average molecular weight is 282 g/mol. The molecule has 7 heteroatoms. The van der Waals surface area contributed by atoms with Crippen LogP contribution in [-0.4, -0.2) is 40.5 Å². The summed E-state index contributed by atoms with van der Waals surface area (Å²) in [5.74, 6) is 0.606. The number of nitrogens with zero attached hydrogens (tertiary/aromatic N) is 3. The smallest absolute Gasteiger partial charge is 0.154 e. The van der Waals surface area contributed by atoms with Crippen molar-refractivity contribution in [2.75, 3.05) is 18.1 Å². The van der Waals surface area contributed by atoms with E-state index in [1.165, 1.54) is 6.26 Å². The lowest BCUT2D eigenvalue weighted by Crippen LogP contribution is -2.38. The van der Waals surface area contributed by atoms with Crippen molar-refractivity contribution in [2.24, 2.45) is 7.05 Å². The Morgan fingerprint density at radius 1 is 1.37 bits per heavy atom. The zero-order chi connectivity index (χ0) is 14.3. The predicted octanol–water partition coefficient (Wildman–Crippen LogP) is 1.20. The van der Waals surface area contributed by atoms with Gasteiger partial charge in [0, 0.05) is 26.0 Å². The minimum atomic E-state index is -3.14. The van der Waals surface area contributed by atoms with Crippen molar-refractivity contribution in [2.45, 2.75) is 18.6 Å². The van der Waals surface area contributed by atoms with E-state index in [9.17, 15) is 8.42 Å². The van der Waals surface area contributed by atoms with Crippen molar-refractivity contribution < 1.29 is 8.42 Å². The van der Waals surface area contributed by atoms with Crippen LogP contribution in [0.1, 0.15) is 13.8 Å². The number of anilines is 1. The Hall–Kier alpha value is -1.63. The number of fused-ring (bicyclic) bond motifs is 1. The molecule has 6 nitrogen and oxygen atoms in total. The van der Waals surface area contributed by atoms with E-state index in [-0.39, 0.29) is 6.54 Å². The highest BCUT2D eigenvalue weighted by Crippen LogP contribution is 2.21. The van der Waals surface area contributed by atoms with Crippen LogP contribution in [0.25, 0.3) is 11.0 Å². The van der Waals surface area contributed by atoms with Gasteiger partial charge in [0.15, 0.2) is 15.7 Å². The highest BCUT2D eigenvalue weighted by Gasteiger charge is 2.30. The second-order valence-corrected chi connectivity index (χ2v) is 7.92. The summed E-state index contributed by atoms with van der Waals surface area (Å²) in [5.41, 5.74) is 1.70. The van der Waals surface area contributed by atoms with Gasteiger partial charge in [0.25, 0.3) is 0 Å². The number of imidazole rings is 1. The van der Waals surface area contributed by atoms with Crippen LogP contribution >= 0.6 is 0 Å². The van der Waals surface area contributed by atoms with Gasteiger partial charge in [0.2, 0.25) is 0 Å². The van der Waals surface area contributed by atoms with Gasteiger partial charge in [-0.2, -0.15) is 0 Å². The van der Waals surface area contributed by atoms with Crippen LogP contribution in [0.3, 0.4) is 0 Å². The Bertz CT molecular complexity index is 704. The first-order valence-electron chi connectivity index (χ1n) is 5.92. The Morgan fingerprint density at radius 2 is 2.05 bits per heavy atom. The van der Waals surface area contributed by atoms with Gasteiger partial charge in [0.1, 0.15) is 5.52 Å². The number of hydrogen-bond donors (Lipinski definition) is 1. The molecule has 2 aromatic heterocycles. The number of rotatable bonds is 4. The molecule has 0 amide bonds. The molecule has 0 aliphatic carbocycles. The fourth-order valence-corrected chi connectivity index (χ4v) is 1.95. The lowest BCUT2D eigenvalue weighted by Gasteiger charge is -2.23. The number of aryl methyl sites for hydroxylation is 1. The van der Waals surface area contributed by atoms with Crippen molar-refractivity contribution in [3.8, 4) is 0 Å². The van der Waals surface area contributed by atoms with Crippen molar-refractivity contribution in [1.29, 1.82) is 0 Å². The topological polar surface area (TPSA) is 76.9 Å². The van der Waals surface area contributed by atoms with E-state index in [1.807, 2.05) is 17.7 Å². The molecule has 2 rings (SSSR count). The second-order valence-electron chi connectivity index (χ2n) is 5.27. The Morgan fingerprint density at radius 3 is 2.68 bits per heavy atom. The maximum Gasteiger partial charge on any atom is 0.154 e. The summed E-state index contributed by atoms with van der Waals surface area (Å²) >= 11 is 0. The van der Waals surface area contributed by atoms with Gasteiger partial charge in [-0.05, 0) is 19.9 Å². The van der Waals surface area contributed by atoms with Crippen molar-refractivity contribution in [3.05, 3.63) is 18.6 Å². The fourth-order valence-electron chi connectivity index (χ4n) is 1.62. The summed E-state index contributed by atoms with van der Waals surface area (Å²) in [6.45, 7) is 3.66. The summed E-state index contributed by atoms with van der Waals surface area (Å²) in [6, 6.07) is 1.87. The van der Waals surface area contributed by atoms with Crippen molar-refractivity contribution in [3.63, 3.8) is 0 Å². The van der Waals surface area contributed by atoms with Gasteiger partial charge in [-0.25, -0.2) is 18.4 Å². The molecule has 19 heavy (non-hydrogen) atoms. The molecule has 0 aliphatic rings. The number of sulfone groups is 1.